The Kier molecular flexibility index (Phi) is 3.88. The zero-order valence-electron chi connectivity index (χ0n) is 11.5. The van der Waals surface area contributed by atoms with Gasteiger partial charge in [-0.25, -0.2) is 0 Å². The number of fused-ring (bicyclic) bond motifs is 1. The maximum absolute atomic E-state index is 11.8. The van der Waals surface area contributed by atoms with Crippen molar-refractivity contribution in [1.82, 2.24) is 5.32 Å². The molecule has 0 bridgehead atoms. The monoisotopic (exact) mass is 261 g/mol. The smallest absolute Gasteiger partial charge is 0.260 e. The van der Waals surface area contributed by atoms with Gasteiger partial charge >= 0.3 is 0 Å². The lowest BCUT2D eigenvalue weighted by molar-refractivity contribution is -0.127. The molecular weight excluding hydrogens is 242 g/mol. The Labute approximate surface area is 113 Å². The third-order valence-electron chi connectivity index (χ3n) is 3.11. The van der Waals surface area contributed by atoms with E-state index in [0.717, 1.165) is 17.5 Å². The quantitative estimate of drug-likeness (QED) is 0.903. The summed E-state index contributed by atoms with van der Waals surface area (Å²) in [6.45, 7) is 5.54. The summed E-state index contributed by atoms with van der Waals surface area (Å²) in [6.07, 6.45) is 0.790. The van der Waals surface area contributed by atoms with Gasteiger partial charge in [-0.3, -0.25) is 9.59 Å². The van der Waals surface area contributed by atoms with E-state index in [0.29, 0.717) is 12.2 Å². The van der Waals surface area contributed by atoms with Crippen LogP contribution >= 0.6 is 0 Å². The minimum Gasteiger partial charge on any atom is -0.481 e. The van der Waals surface area contributed by atoms with Gasteiger partial charge in [0.25, 0.3) is 5.91 Å². The van der Waals surface area contributed by atoms with Crippen molar-refractivity contribution in [3.8, 4) is 5.75 Å². The number of hydrogen-bond acceptors (Lipinski definition) is 3. The van der Waals surface area contributed by atoms with Gasteiger partial charge in [0.05, 0.1) is 0 Å². The van der Waals surface area contributed by atoms with Crippen molar-refractivity contribution in [2.45, 2.75) is 45.8 Å². The van der Waals surface area contributed by atoms with Crippen LogP contribution in [0.15, 0.2) is 18.2 Å². The highest BCUT2D eigenvalue weighted by atomic mass is 16.5. The Balaban J connectivity index is 2.04. The van der Waals surface area contributed by atoms with Crippen LogP contribution in [-0.4, -0.2) is 23.8 Å². The van der Waals surface area contributed by atoms with Crippen molar-refractivity contribution in [1.29, 1.82) is 0 Å². The molecule has 1 N–H and O–H groups in total. The third-order valence-corrected chi connectivity index (χ3v) is 3.11. The summed E-state index contributed by atoms with van der Waals surface area (Å²) in [4.78, 5) is 23.3. The predicted molar refractivity (Wildman–Crippen MR) is 72.5 cm³/mol. The van der Waals surface area contributed by atoms with Crippen LogP contribution in [0.3, 0.4) is 0 Å². The van der Waals surface area contributed by atoms with Gasteiger partial charge in [-0.1, -0.05) is 0 Å². The lowest BCUT2D eigenvalue weighted by Crippen LogP contribution is -2.40. The summed E-state index contributed by atoms with van der Waals surface area (Å²) >= 11 is 0. The van der Waals surface area contributed by atoms with Crippen LogP contribution in [0.1, 0.15) is 43.1 Å². The molecule has 0 aromatic heterocycles. The molecule has 0 saturated carbocycles. The summed E-state index contributed by atoms with van der Waals surface area (Å²) in [6, 6.07) is 5.49. The Morgan fingerprint density at radius 1 is 1.26 bits per heavy atom. The molecule has 2 rings (SSSR count). The minimum absolute atomic E-state index is 0.0937. The third kappa shape index (κ3) is 3.13. The van der Waals surface area contributed by atoms with Crippen molar-refractivity contribution < 1.29 is 14.3 Å². The summed E-state index contributed by atoms with van der Waals surface area (Å²) in [5.41, 5.74) is 1.80. The number of rotatable bonds is 4. The van der Waals surface area contributed by atoms with Crippen LogP contribution in [0.4, 0.5) is 0 Å². The number of aryl methyl sites for hydroxylation is 1. The highest BCUT2D eigenvalue weighted by molar-refractivity contribution is 6.00. The molecule has 0 radical (unpaired) electrons. The van der Waals surface area contributed by atoms with Crippen molar-refractivity contribution >= 4 is 11.7 Å². The first-order chi connectivity index (χ1) is 8.97. The van der Waals surface area contributed by atoms with E-state index in [4.69, 9.17) is 4.74 Å². The highest BCUT2D eigenvalue weighted by Gasteiger charge is 2.21. The average Bonchev–Trinajstić information content (AvgIpc) is 2.70. The zero-order chi connectivity index (χ0) is 14.0. The SMILES string of the molecule is CC(C)NC(=O)C(C)Oc1ccc2c(c1)CCC2=O. The van der Waals surface area contributed by atoms with E-state index in [1.807, 2.05) is 19.9 Å². The van der Waals surface area contributed by atoms with Gasteiger partial charge in [0.15, 0.2) is 11.9 Å². The number of hydrogen-bond donors (Lipinski definition) is 1. The summed E-state index contributed by atoms with van der Waals surface area (Å²) < 4.78 is 5.61. The van der Waals surface area contributed by atoms with E-state index in [9.17, 15) is 9.59 Å². The van der Waals surface area contributed by atoms with Crippen molar-refractivity contribution in [3.63, 3.8) is 0 Å². The normalized spacial score (nSPS) is 15.3. The molecular formula is C15H19NO3. The standard InChI is InChI=1S/C15H19NO3/c1-9(2)16-15(18)10(3)19-12-5-6-13-11(8-12)4-7-14(13)17/h5-6,8-10H,4,7H2,1-3H3,(H,16,18). The van der Waals surface area contributed by atoms with Crippen LogP contribution in [0.5, 0.6) is 5.75 Å². The Bertz CT molecular complexity index is 508. The van der Waals surface area contributed by atoms with Gasteiger partial charge in [-0.05, 0) is 51.0 Å². The maximum atomic E-state index is 11.8. The van der Waals surface area contributed by atoms with Crippen molar-refractivity contribution in [3.05, 3.63) is 29.3 Å². The average molecular weight is 261 g/mol. The molecule has 4 heteroatoms. The molecule has 0 saturated heterocycles. The van der Waals surface area contributed by atoms with E-state index >= 15 is 0 Å². The van der Waals surface area contributed by atoms with E-state index in [1.54, 1.807) is 19.1 Å². The molecule has 0 heterocycles. The van der Waals surface area contributed by atoms with E-state index in [1.165, 1.54) is 0 Å². The molecule has 19 heavy (non-hydrogen) atoms. The fraction of sp³-hybridized carbons (Fsp3) is 0.467. The second kappa shape index (κ2) is 5.43. The topological polar surface area (TPSA) is 55.4 Å². The van der Waals surface area contributed by atoms with Crippen LogP contribution in [0, 0.1) is 0 Å². The lowest BCUT2D eigenvalue weighted by atomic mass is 10.1. The Morgan fingerprint density at radius 2 is 2.00 bits per heavy atom. The Morgan fingerprint density at radius 3 is 2.68 bits per heavy atom. The molecule has 1 unspecified atom stereocenters. The largest absolute Gasteiger partial charge is 0.481 e. The first-order valence-corrected chi connectivity index (χ1v) is 6.60. The van der Waals surface area contributed by atoms with Gasteiger partial charge in [0.2, 0.25) is 0 Å². The number of benzene rings is 1. The van der Waals surface area contributed by atoms with Crippen molar-refractivity contribution in [2.75, 3.05) is 0 Å². The number of Topliss-reactive ketones (excluding diaryl/α,β-unsaturated/α-hetero) is 1. The number of carbonyl (C=O) groups excluding carboxylic acids is 2. The lowest BCUT2D eigenvalue weighted by Gasteiger charge is -2.16. The number of carbonyl (C=O) groups is 2. The molecule has 0 aliphatic heterocycles. The Hall–Kier alpha value is -1.84. The van der Waals surface area contributed by atoms with Crippen molar-refractivity contribution in [2.24, 2.45) is 0 Å². The molecule has 0 fully saturated rings. The second-order valence-electron chi connectivity index (χ2n) is 5.17. The summed E-state index contributed by atoms with van der Waals surface area (Å²) in [5, 5.41) is 2.80. The predicted octanol–water partition coefficient (Wildman–Crippen LogP) is 2.11. The van der Waals surface area contributed by atoms with Gasteiger partial charge in [-0.15, -0.1) is 0 Å². The number of ether oxygens (including phenoxy) is 1. The van der Waals surface area contributed by atoms with E-state index in [2.05, 4.69) is 5.32 Å². The second-order valence-corrected chi connectivity index (χ2v) is 5.17. The number of nitrogens with one attached hydrogen (secondary N) is 1. The van der Waals surface area contributed by atoms with Crippen LogP contribution in [0.25, 0.3) is 0 Å². The number of amides is 1. The number of ketones is 1. The zero-order valence-corrected chi connectivity index (χ0v) is 11.5. The molecule has 1 aromatic carbocycles. The molecule has 1 aliphatic rings. The van der Waals surface area contributed by atoms with Crippen LogP contribution < -0.4 is 10.1 Å². The molecule has 1 aromatic rings. The summed E-state index contributed by atoms with van der Waals surface area (Å²) in [7, 11) is 0. The fourth-order valence-electron chi connectivity index (χ4n) is 2.16. The fourth-order valence-corrected chi connectivity index (χ4v) is 2.16. The summed E-state index contributed by atoms with van der Waals surface area (Å²) in [5.74, 6) is 0.693. The first kappa shape index (κ1) is 13.6. The van der Waals surface area contributed by atoms with Crippen LogP contribution in [0.2, 0.25) is 0 Å². The van der Waals surface area contributed by atoms with Gasteiger partial charge in [0.1, 0.15) is 5.75 Å². The molecule has 0 spiro atoms. The first-order valence-electron chi connectivity index (χ1n) is 6.60. The van der Waals surface area contributed by atoms with Gasteiger partial charge in [-0.2, -0.15) is 0 Å². The molecule has 102 valence electrons. The van der Waals surface area contributed by atoms with Gasteiger partial charge < -0.3 is 10.1 Å². The highest BCUT2D eigenvalue weighted by Crippen LogP contribution is 2.26. The molecule has 1 atom stereocenters. The molecule has 1 amide bonds. The minimum atomic E-state index is -0.544. The molecule has 4 nitrogen and oxygen atoms in total. The van der Waals surface area contributed by atoms with E-state index < -0.39 is 6.10 Å². The maximum Gasteiger partial charge on any atom is 0.260 e. The van der Waals surface area contributed by atoms with Gasteiger partial charge in [0, 0.05) is 18.0 Å². The van der Waals surface area contributed by atoms with E-state index in [-0.39, 0.29) is 17.7 Å². The van der Waals surface area contributed by atoms with Crippen LogP contribution in [-0.2, 0) is 11.2 Å². The molecule has 1 aliphatic carbocycles.